The van der Waals surface area contributed by atoms with E-state index in [1.807, 2.05) is 6.92 Å². The van der Waals surface area contributed by atoms with Crippen LogP contribution in [0.15, 0.2) is 0 Å². The number of hydrogen-bond acceptors (Lipinski definition) is 3. The Balaban J connectivity index is 0.000000185. The van der Waals surface area contributed by atoms with Crippen LogP contribution >= 0.6 is 0 Å². The summed E-state index contributed by atoms with van der Waals surface area (Å²) in [5.41, 5.74) is 0. The van der Waals surface area contributed by atoms with E-state index in [4.69, 9.17) is 4.74 Å². The predicted octanol–water partition coefficient (Wildman–Crippen LogP) is 7.65. The zero-order valence-electron chi connectivity index (χ0n) is 20.3. The van der Waals surface area contributed by atoms with Crippen molar-refractivity contribution in [1.29, 1.82) is 0 Å². The van der Waals surface area contributed by atoms with Crippen molar-refractivity contribution in [3.8, 4) is 0 Å². The molecule has 4 fully saturated rings. The van der Waals surface area contributed by atoms with Crippen molar-refractivity contribution in [2.24, 2.45) is 29.6 Å². The summed E-state index contributed by atoms with van der Waals surface area (Å²) >= 11 is 0. The predicted molar refractivity (Wildman–Crippen MR) is 127 cm³/mol. The average molecular weight is 433 g/mol. The topological polar surface area (TPSA) is 43.4 Å². The Morgan fingerprint density at radius 2 is 1.13 bits per heavy atom. The molecule has 0 atom stereocenters. The lowest BCUT2D eigenvalue weighted by atomic mass is 9.70. The van der Waals surface area contributed by atoms with Crippen molar-refractivity contribution >= 4 is 11.8 Å². The van der Waals surface area contributed by atoms with Gasteiger partial charge >= 0.3 is 5.97 Å². The number of carbonyl (C=O) groups is 2. The number of hydrogen-bond donors (Lipinski definition) is 0. The summed E-state index contributed by atoms with van der Waals surface area (Å²) < 4.78 is 5.05. The smallest absolute Gasteiger partial charge is 0.306 e. The highest BCUT2D eigenvalue weighted by atomic mass is 16.5. The van der Waals surface area contributed by atoms with Crippen LogP contribution in [0.2, 0.25) is 0 Å². The zero-order chi connectivity index (χ0) is 21.9. The van der Waals surface area contributed by atoms with Crippen molar-refractivity contribution in [3.05, 3.63) is 0 Å². The normalized spacial score (nSPS) is 29.1. The fourth-order valence-corrected chi connectivity index (χ4v) is 6.96. The molecule has 4 aliphatic carbocycles. The molecule has 0 aromatic rings. The summed E-state index contributed by atoms with van der Waals surface area (Å²) in [5, 5.41) is 0. The fourth-order valence-electron chi connectivity index (χ4n) is 6.96. The van der Waals surface area contributed by atoms with E-state index in [1.165, 1.54) is 103 Å². The number of ether oxygens (including phenoxy) is 1. The second kappa shape index (κ2) is 13.6. The van der Waals surface area contributed by atoms with Gasteiger partial charge in [0.05, 0.1) is 6.61 Å². The number of ketones is 1. The molecule has 4 saturated carbocycles. The van der Waals surface area contributed by atoms with Crippen LogP contribution in [0.5, 0.6) is 0 Å². The minimum Gasteiger partial charge on any atom is -0.466 e. The molecule has 4 aliphatic rings. The van der Waals surface area contributed by atoms with Gasteiger partial charge in [0, 0.05) is 19.3 Å². The quantitative estimate of drug-likeness (QED) is 0.419. The Kier molecular flexibility index (Phi) is 10.9. The van der Waals surface area contributed by atoms with Crippen LogP contribution in [0.25, 0.3) is 0 Å². The number of carbonyl (C=O) groups excluding carboxylic acids is 2. The third-order valence-corrected chi connectivity index (χ3v) is 8.87. The van der Waals surface area contributed by atoms with Crippen molar-refractivity contribution in [2.75, 3.05) is 6.61 Å². The van der Waals surface area contributed by atoms with Crippen LogP contribution in [0.1, 0.15) is 129 Å². The largest absolute Gasteiger partial charge is 0.466 e. The molecule has 0 N–H and O–H groups in total. The molecule has 0 saturated heterocycles. The van der Waals surface area contributed by atoms with Crippen molar-refractivity contribution in [3.63, 3.8) is 0 Å². The second-order valence-electron chi connectivity index (χ2n) is 11.0. The highest BCUT2D eigenvalue weighted by Gasteiger charge is 2.29. The van der Waals surface area contributed by atoms with E-state index in [-0.39, 0.29) is 5.97 Å². The lowest BCUT2D eigenvalue weighted by Crippen LogP contribution is -2.25. The molecule has 0 heterocycles. The Bertz CT molecular complexity index is 512. The summed E-state index contributed by atoms with van der Waals surface area (Å²) in [7, 11) is 0. The van der Waals surface area contributed by atoms with Crippen LogP contribution in [0, 0.1) is 29.6 Å². The Morgan fingerprint density at radius 1 is 0.677 bits per heavy atom. The average Bonchev–Trinajstić information content (AvgIpc) is 2.82. The van der Waals surface area contributed by atoms with Crippen LogP contribution in [-0.2, 0) is 14.3 Å². The lowest BCUT2D eigenvalue weighted by Gasteiger charge is -2.35. The van der Waals surface area contributed by atoms with Crippen LogP contribution < -0.4 is 0 Å². The summed E-state index contributed by atoms with van der Waals surface area (Å²) in [4.78, 5) is 22.6. The minimum atomic E-state index is 0.0126. The van der Waals surface area contributed by atoms with Gasteiger partial charge in [0.15, 0.2) is 0 Å². The van der Waals surface area contributed by atoms with Crippen LogP contribution in [0.3, 0.4) is 0 Å². The molecule has 0 aromatic carbocycles. The summed E-state index contributed by atoms with van der Waals surface area (Å²) in [6, 6.07) is 0. The van der Waals surface area contributed by atoms with E-state index >= 15 is 0 Å². The summed E-state index contributed by atoms with van der Waals surface area (Å²) in [6.45, 7) is 2.41. The first kappa shape index (κ1) is 24.8. The molecule has 31 heavy (non-hydrogen) atoms. The first-order valence-electron chi connectivity index (χ1n) is 13.8. The van der Waals surface area contributed by atoms with Gasteiger partial charge in [-0.2, -0.15) is 0 Å². The van der Waals surface area contributed by atoms with E-state index in [9.17, 15) is 9.59 Å². The Hall–Kier alpha value is -0.860. The molecule has 0 spiro atoms. The highest BCUT2D eigenvalue weighted by Crippen LogP contribution is 2.41. The van der Waals surface area contributed by atoms with Gasteiger partial charge in [0.25, 0.3) is 0 Å². The van der Waals surface area contributed by atoms with Gasteiger partial charge in [0.2, 0.25) is 0 Å². The van der Waals surface area contributed by atoms with Crippen molar-refractivity contribution < 1.29 is 14.3 Å². The van der Waals surface area contributed by atoms with E-state index in [1.54, 1.807) is 0 Å². The lowest BCUT2D eigenvalue weighted by molar-refractivity contribution is -0.144. The van der Waals surface area contributed by atoms with E-state index in [2.05, 4.69) is 0 Å². The fraction of sp³-hybridized carbons (Fsp3) is 0.929. The van der Waals surface area contributed by atoms with Gasteiger partial charge < -0.3 is 4.74 Å². The zero-order valence-corrected chi connectivity index (χ0v) is 20.3. The molecule has 0 amide bonds. The van der Waals surface area contributed by atoms with Gasteiger partial charge in [-0.25, -0.2) is 0 Å². The standard InChI is InChI=1S/C16H28O2.C12H20O/c1-2-18-16(17)12-13-8-10-15(11-9-13)14-6-4-3-5-7-14;13-12-8-6-11(7-9-12)10-4-2-1-3-5-10/h13-15H,2-12H2,1H3;10-11H,1-9H2. The van der Waals surface area contributed by atoms with Gasteiger partial charge in [0.1, 0.15) is 5.78 Å². The van der Waals surface area contributed by atoms with Crippen molar-refractivity contribution in [1.82, 2.24) is 0 Å². The maximum atomic E-state index is 11.5. The van der Waals surface area contributed by atoms with Crippen LogP contribution in [-0.4, -0.2) is 18.4 Å². The number of esters is 1. The van der Waals surface area contributed by atoms with E-state index in [0.717, 1.165) is 36.5 Å². The maximum absolute atomic E-state index is 11.5. The molecular formula is C28H48O3. The molecule has 0 bridgehead atoms. The van der Waals surface area contributed by atoms with Crippen LogP contribution in [0.4, 0.5) is 0 Å². The molecule has 0 unspecified atom stereocenters. The third kappa shape index (κ3) is 8.54. The van der Waals surface area contributed by atoms with E-state index in [0.29, 0.717) is 24.7 Å². The first-order chi connectivity index (χ1) is 15.2. The third-order valence-electron chi connectivity index (χ3n) is 8.87. The molecule has 3 heteroatoms. The summed E-state index contributed by atoms with van der Waals surface area (Å²) in [5.74, 6) is 4.96. The maximum Gasteiger partial charge on any atom is 0.306 e. The highest BCUT2D eigenvalue weighted by molar-refractivity contribution is 5.79. The molecule has 3 nitrogen and oxygen atoms in total. The molecule has 0 aromatic heterocycles. The first-order valence-corrected chi connectivity index (χ1v) is 13.8. The van der Waals surface area contributed by atoms with E-state index < -0.39 is 0 Å². The molecule has 0 aliphatic heterocycles. The van der Waals surface area contributed by atoms with Gasteiger partial charge in [-0.3, -0.25) is 9.59 Å². The Labute approximate surface area is 191 Å². The summed E-state index contributed by atoms with van der Waals surface area (Å²) in [6.07, 6.45) is 24.5. The molecule has 178 valence electrons. The van der Waals surface area contributed by atoms with Gasteiger partial charge in [-0.15, -0.1) is 0 Å². The molecule has 0 radical (unpaired) electrons. The SMILES string of the molecule is CCOC(=O)CC1CCC(C2CCCCC2)CC1.O=C1CCC(C2CCCCC2)CC1. The number of Topliss-reactive ketones (excluding diaryl/α,β-unsaturated/α-hetero) is 1. The van der Waals surface area contributed by atoms with Crippen molar-refractivity contribution in [2.45, 2.75) is 129 Å². The van der Waals surface area contributed by atoms with Gasteiger partial charge in [-0.1, -0.05) is 64.2 Å². The molecular weight excluding hydrogens is 384 g/mol. The number of rotatable bonds is 5. The minimum absolute atomic E-state index is 0.0126. The second-order valence-corrected chi connectivity index (χ2v) is 11.0. The Morgan fingerprint density at radius 3 is 1.61 bits per heavy atom. The molecule has 4 rings (SSSR count). The monoisotopic (exact) mass is 432 g/mol. The van der Waals surface area contributed by atoms with Gasteiger partial charge in [-0.05, 0) is 75.0 Å².